The van der Waals surface area contributed by atoms with E-state index in [1.54, 1.807) is 0 Å². The third-order valence-electron chi connectivity index (χ3n) is 10.4. The zero-order chi connectivity index (χ0) is 36.0. The zero-order valence-corrected chi connectivity index (χ0v) is 29.9. The average Bonchev–Trinajstić information content (AvgIpc) is 3.79. The van der Waals surface area contributed by atoms with Crippen molar-refractivity contribution in [3.63, 3.8) is 0 Å². The third kappa shape index (κ3) is 5.53. The highest BCUT2D eigenvalue weighted by atomic mass is 16.3. The maximum absolute atomic E-state index is 6.53. The minimum Gasteiger partial charge on any atom is -0.455 e. The lowest BCUT2D eigenvalue weighted by Gasteiger charge is -2.12. The zero-order valence-electron chi connectivity index (χ0n) is 29.9. The molecule has 54 heavy (non-hydrogen) atoms. The van der Waals surface area contributed by atoms with Crippen LogP contribution in [0.3, 0.4) is 0 Å². The van der Waals surface area contributed by atoms with Crippen molar-refractivity contribution < 1.29 is 4.42 Å². The van der Waals surface area contributed by atoms with Crippen LogP contribution in [0.5, 0.6) is 0 Å². The van der Waals surface area contributed by atoms with Crippen molar-refractivity contribution in [1.29, 1.82) is 0 Å². The molecule has 0 aliphatic heterocycles. The lowest BCUT2D eigenvalue weighted by molar-refractivity contribution is 0.673. The normalized spacial score (nSPS) is 11.6. The SMILES string of the molecule is CCCCc1ccc(-c2nc(-c3ccccc3)nc(-c3cccc(-c4cccc(-n5c6ccccc6c6c7oc8ccccc8c7ccc65)c4)c3)n2)cc1. The highest BCUT2D eigenvalue weighted by molar-refractivity contribution is 6.23. The van der Waals surface area contributed by atoms with Crippen LogP contribution in [0.4, 0.5) is 0 Å². The highest BCUT2D eigenvalue weighted by Gasteiger charge is 2.19. The van der Waals surface area contributed by atoms with Gasteiger partial charge in [-0.05, 0) is 72.0 Å². The molecule has 10 rings (SSSR count). The summed E-state index contributed by atoms with van der Waals surface area (Å²) in [5, 5.41) is 4.56. The van der Waals surface area contributed by atoms with E-state index in [1.165, 1.54) is 23.8 Å². The van der Waals surface area contributed by atoms with E-state index in [-0.39, 0.29) is 0 Å². The first-order valence-corrected chi connectivity index (χ1v) is 18.7. The number of furan rings is 1. The largest absolute Gasteiger partial charge is 0.455 e. The van der Waals surface area contributed by atoms with Crippen molar-refractivity contribution in [1.82, 2.24) is 19.5 Å². The lowest BCUT2D eigenvalue weighted by atomic mass is 10.0. The molecule has 0 fully saturated rings. The van der Waals surface area contributed by atoms with Gasteiger partial charge in [0.25, 0.3) is 0 Å². The number of aryl methyl sites for hydroxylation is 1. The molecule has 5 nitrogen and oxygen atoms in total. The van der Waals surface area contributed by atoms with Gasteiger partial charge < -0.3 is 8.98 Å². The summed E-state index contributed by atoms with van der Waals surface area (Å²) in [6, 6.07) is 57.4. The van der Waals surface area contributed by atoms with Crippen molar-refractivity contribution in [2.24, 2.45) is 0 Å². The van der Waals surface area contributed by atoms with Gasteiger partial charge in [-0.25, -0.2) is 15.0 Å². The molecule has 0 atom stereocenters. The summed E-state index contributed by atoms with van der Waals surface area (Å²) in [5.74, 6) is 1.96. The van der Waals surface area contributed by atoms with E-state index in [0.717, 1.165) is 78.3 Å². The number of nitrogens with zero attached hydrogens (tertiary/aromatic N) is 4. The van der Waals surface area contributed by atoms with Gasteiger partial charge in [-0.3, -0.25) is 0 Å². The van der Waals surface area contributed by atoms with Gasteiger partial charge in [0.2, 0.25) is 0 Å². The molecule has 258 valence electrons. The fourth-order valence-electron chi connectivity index (χ4n) is 7.73. The number of unbranched alkanes of at least 4 members (excludes halogenated alkanes) is 1. The van der Waals surface area contributed by atoms with Crippen LogP contribution in [0.1, 0.15) is 25.3 Å². The molecule has 7 aromatic carbocycles. The Hall–Kier alpha value is -6.85. The fraction of sp³-hybridized carbons (Fsp3) is 0.0816. The summed E-state index contributed by atoms with van der Waals surface area (Å²) < 4.78 is 8.88. The molecule has 0 aliphatic carbocycles. The molecule has 0 unspecified atom stereocenters. The van der Waals surface area contributed by atoms with Gasteiger partial charge in [0.15, 0.2) is 17.5 Å². The van der Waals surface area contributed by atoms with Crippen LogP contribution < -0.4 is 0 Å². The van der Waals surface area contributed by atoms with Gasteiger partial charge in [0.05, 0.1) is 16.4 Å². The minimum atomic E-state index is 0.643. The Morgan fingerprint density at radius 2 is 1.11 bits per heavy atom. The first-order valence-electron chi connectivity index (χ1n) is 18.7. The van der Waals surface area contributed by atoms with Crippen LogP contribution in [0.25, 0.3) is 94.7 Å². The van der Waals surface area contributed by atoms with E-state index < -0.39 is 0 Å². The Balaban J connectivity index is 1.08. The first kappa shape index (κ1) is 31.9. The summed E-state index contributed by atoms with van der Waals surface area (Å²) in [7, 11) is 0. The summed E-state index contributed by atoms with van der Waals surface area (Å²) in [4.78, 5) is 15.0. The van der Waals surface area contributed by atoms with Crippen molar-refractivity contribution in [3.8, 4) is 51.0 Å². The predicted octanol–water partition coefficient (Wildman–Crippen LogP) is 12.9. The molecule has 3 heterocycles. The van der Waals surface area contributed by atoms with E-state index in [2.05, 4.69) is 133 Å². The number of rotatable bonds is 8. The molecule has 3 aromatic heterocycles. The second kappa shape index (κ2) is 13.3. The lowest BCUT2D eigenvalue weighted by Crippen LogP contribution is -2.00. The Labute approximate surface area is 313 Å². The minimum absolute atomic E-state index is 0.643. The maximum atomic E-state index is 6.53. The van der Waals surface area contributed by atoms with Gasteiger partial charge in [-0.2, -0.15) is 0 Å². The van der Waals surface area contributed by atoms with Crippen LogP contribution in [0, 0.1) is 0 Å². The summed E-state index contributed by atoms with van der Waals surface area (Å²) >= 11 is 0. The molecule has 0 N–H and O–H groups in total. The molecular weight excluding hydrogens is 661 g/mol. The Bertz CT molecular complexity index is 2980. The summed E-state index contributed by atoms with van der Waals surface area (Å²) in [6.07, 6.45) is 3.43. The molecule has 0 spiro atoms. The molecule has 0 radical (unpaired) electrons. The maximum Gasteiger partial charge on any atom is 0.164 e. The van der Waals surface area contributed by atoms with Crippen molar-refractivity contribution in [2.45, 2.75) is 26.2 Å². The predicted molar refractivity (Wildman–Crippen MR) is 222 cm³/mol. The van der Waals surface area contributed by atoms with Gasteiger partial charge in [0.1, 0.15) is 11.2 Å². The molecule has 0 aliphatic rings. The third-order valence-corrected chi connectivity index (χ3v) is 10.4. The molecule has 0 amide bonds. The van der Waals surface area contributed by atoms with Gasteiger partial charge in [-0.1, -0.05) is 135 Å². The number of aromatic nitrogens is 4. The Kier molecular flexibility index (Phi) is 7.84. The van der Waals surface area contributed by atoms with Crippen molar-refractivity contribution in [3.05, 3.63) is 169 Å². The standard InChI is InChI=1S/C49H36N4O/c1-2-3-13-32-24-26-34(27-25-32)48-50-47(33-14-5-4-6-15-33)51-49(52-48)37-18-11-16-35(30-37)36-17-12-19-38(31-36)53-42-22-9-7-21-41(42)45-43(53)29-28-40-39-20-8-10-23-44(39)54-46(40)45/h4-12,14-31H,2-3,13H2,1H3. The van der Waals surface area contributed by atoms with Gasteiger partial charge >= 0.3 is 0 Å². The monoisotopic (exact) mass is 696 g/mol. The topological polar surface area (TPSA) is 56.7 Å². The van der Waals surface area contributed by atoms with Gasteiger partial charge in [-0.15, -0.1) is 0 Å². The van der Waals surface area contributed by atoms with Crippen LogP contribution in [-0.4, -0.2) is 19.5 Å². The first-order chi connectivity index (χ1) is 26.7. The number of benzene rings is 7. The quantitative estimate of drug-likeness (QED) is 0.159. The van der Waals surface area contributed by atoms with Crippen molar-refractivity contribution in [2.75, 3.05) is 0 Å². The van der Waals surface area contributed by atoms with Crippen LogP contribution in [0.15, 0.2) is 168 Å². The molecule has 0 saturated carbocycles. The molecular formula is C49H36N4O. The van der Waals surface area contributed by atoms with Crippen molar-refractivity contribution >= 4 is 43.7 Å². The second-order valence-electron chi connectivity index (χ2n) is 13.9. The summed E-state index contributed by atoms with van der Waals surface area (Å²) in [6.45, 7) is 2.23. The van der Waals surface area contributed by atoms with E-state index in [4.69, 9.17) is 19.4 Å². The number of hydrogen-bond donors (Lipinski definition) is 0. The second-order valence-corrected chi connectivity index (χ2v) is 13.9. The summed E-state index contributed by atoms with van der Waals surface area (Å²) in [5.41, 5.74) is 11.5. The fourth-order valence-corrected chi connectivity index (χ4v) is 7.73. The highest BCUT2D eigenvalue weighted by Crippen LogP contribution is 2.41. The van der Waals surface area contributed by atoms with E-state index in [1.807, 2.05) is 42.5 Å². The van der Waals surface area contributed by atoms with E-state index in [0.29, 0.717) is 17.5 Å². The van der Waals surface area contributed by atoms with E-state index >= 15 is 0 Å². The molecule has 5 heteroatoms. The molecule has 0 saturated heterocycles. The van der Waals surface area contributed by atoms with Crippen LogP contribution >= 0.6 is 0 Å². The van der Waals surface area contributed by atoms with Crippen LogP contribution in [-0.2, 0) is 6.42 Å². The van der Waals surface area contributed by atoms with Crippen LogP contribution in [0.2, 0.25) is 0 Å². The Morgan fingerprint density at radius 3 is 1.91 bits per heavy atom. The average molecular weight is 697 g/mol. The van der Waals surface area contributed by atoms with E-state index in [9.17, 15) is 0 Å². The molecule has 10 aromatic rings. The number of fused-ring (bicyclic) bond motifs is 7. The smallest absolute Gasteiger partial charge is 0.164 e. The number of hydrogen-bond acceptors (Lipinski definition) is 4. The van der Waals surface area contributed by atoms with Gasteiger partial charge in [0, 0.05) is 38.5 Å². The number of para-hydroxylation sites is 2. The molecule has 0 bridgehead atoms. The Morgan fingerprint density at radius 1 is 0.481 bits per heavy atom.